The van der Waals surface area contributed by atoms with Gasteiger partial charge < -0.3 is 4.74 Å². The Morgan fingerprint density at radius 3 is 2.56 bits per heavy atom. The molecule has 0 aliphatic rings. The molecule has 0 aromatic heterocycles. The number of rotatable bonds is 4. The van der Waals surface area contributed by atoms with Crippen molar-refractivity contribution in [3.05, 3.63) is 40.5 Å². The van der Waals surface area contributed by atoms with Gasteiger partial charge in [-0.05, 0) is 0 Å². The summed E-state index contributed by atoms with van der Waals surface area (Å²) in [5.41, 5.74) is 2.28. The molecular weight excluding hydrogens is 275 g/mol. The van der Waals surface area contributed by atoms with Crippen molar-refractivity contribution in [2.75, 3.05) is 6.61 Å². The van der Waals surface area contributed by atoms with Gasteiger partial charge in [-0.1, -0.05) is 35.9 Å². The van der Waals surface area contributed by atoms with E-state index in [0.717, 1.165) is 10.2 Å². The molecule has 1 aromatic rings. The molecule has 0 amide bonds. The SMILES string of the molecule is C[Si](C)(C)/C=C/COc1[c-]cc(Br)cc1.[Li+]. The average molecular weight is 291 g/mol. The molecule has 0 spiro atoms. The summed E-state index contributed by atoms with van der Waals surface area (Å²) in [6.07, 6.45) is 2.10. The van der Waals surface area contributed by atoms with E-state index in [-0.39, 0.29) is 18.9 Å². The van der Waals surface area contributed by atoms with Crippen molar-refractivity contribution >= 4 is 24.0 Å². The van der Waals surface area contributed by atoms with E-state index in [1.54, 1.807) is 0 Å². The first-order chi connectivity index (χ1) is 6.97. The third-order valence-electron chi connectivity index (χ3n) is 1.70. The first-order valence-corrected chi connectivity index (χ1v) is 9.32. The molecule has 4 heteroatoms. The van der Waals surface area contributed by atoms with Gasteiger partial charge in [-0.15, -0.1) is 28.1 Å². The fraction of sp³-hybridized carbons (Fsp3) is 0.333. The van der Waals surface area contributed by atoms with Gasteiger partial charge in [0.05, 0.1) is 8.07 Å². The van der Waals surface area contributed by atoms with Gasteiger partial charge in [0.25, 0.3) is 0 Å². The Hall–Kier alpha value is 0.0543. The van der Waals surface area contributed by atoms with Crippen LogP contribution < -0.4 is 23.6 Å². The maximum Gasteiger partial charge on any atom is 1.00 e. The van der Waals surface area contributed by atoms with Crippen molar-refractivity contribution in [2.45, 2.75) is 19.6 Å². The van der Waals surface area contributed by atoms with Crippen molar-refractivity contribution in [1.29, 1.82) is 0 Å². The zero-order valence-electron chi connectivity index (χ0n) is 10.4. The van der Waals surface area contributed by atoms with Gasteiger partial charge in [-0.25, -0.2) is 0 Å². The predicted octanol–water partition coefficient (Wildman–Crippen LogP) is 1.07. The Kier molecular flexibility index (Phi) is 7.42. The second kappa shape index (κ2) is 7.39. The van der Waals surface area contributed by atoms with E-state index in [0.29, 0.717) is 6.61 Å². The van der Waals surface area contributed by atoms with E-state index in [4.69, 9.17) is 4.74 Å². The molecule has 0 aliphatic heterocycles. The zero-order chi connectivity index (χ0) is 11.3. The van der Waals surface area contributed by atoms with Gasteiger partial charge in [0, 0.05) is 5.75 Å². The van der Waals surface area contributed by atoms with E-state index in [1.165, 1.54) is 0 Å². The Balaban J connectivity index is 0.00000225. The quantitative estimate of drug-likeness (QED) is 0.595. The largest absolute Gasteiger partial charge is 1.00 e. The van der Waals surface area contributed by atoms with Crippen LogP contribution in [-0.2, 0) is 0 Å². The Labute approximate surface area is 120 Å². The average Bonchev–Trinajstić information content (AvgIpc) is 2.14. The van der Waals surface area contributed by atoms with Crippen LogP contribution in [0.15, 0.2) is 34.4 Å². The van der Waals surface area contributed by atoms with Crippen LogP contribution in [0.1, 0.15) is 0 Å². The molecule has 0 unspecified atom stereocenters. The first kappa shape index (κ1) is 16.1. The van der Waals surface area contributed by atoms with Gasteiger partial charge >= 0.3 is 18.9 Å². The summed E-state index contributed by atoms with van der Waals surface area (Å²) >= 11 is 3.36. The van der Waals surface area contributed by atoms with Crippen molar-refractivity contribution in [3.8, 4) is 5.75 Å². The van der Waals surface area contributed by atoms with Crippen LogP contribution in [0.3, 0.4) is 0 Å². The predicted molar refractivity (Wildman–Crippen MR) is 71.0 cm³/mol. The van der Waals surface area contributed by atoms with E-state index in [1.807, 2.05) is 18.2 Å². The van der Waals surface area contributed by atoms with Crippen molar-refractivity contribution in [2.24, 2.45) is 0 Å². The molecule has 0 heterocycles. The van der Waals surface area contributed by atoms with Crippen LogP contribution in [-0.4, -0.2) is 14.7 Å². The molecule has 0 N–H and O–H groups in total. The van der Waals surface area contributed by atoms with Crippen molar-refractivity contribution in [3.63, 3.8) is 0 Å². The van der Waals surface area contributed by atoms with Gasteiger partial charge in [0.15, 0.2) is 0 Å². The molecule has 1 rings (SSSR count). The van der Waals surface area contributed by atoms with Crippen LogP contribution in [0.2, 0.25) is 19.6 Å². The van der Waals surface area contributed by atoms with E-state index in [2.05, 4.69) is 53.4 Å². The monoisotopic (exact) mass is 290 g/mol. The second-order valence-corrected chi connectivity index (χ2v) is 10.4. The summed E-state index contributed by atoms with van der Waals surface area (Å²) in [6, 6.07) is 8.76. The van der Waals surface area contributed by atoms with E-state index >= 15 is 0 Å². The molecule has 0 saturated carbocycles. The molecule has 0 atom stereocenters. The van der Waals surface area contributed by atoms with Gasteiger partial charge in [0.2, 0.25) is 0 Å². The zero-order valence-corrected chi connectivity index (χ0v) is 13.0. The molecule has 1 nitrogen and oxygen atoms in total. The minimum Gasteiger partial charge on any atom is -0.515 e. The topological polar surface area (TPSA) is 9.23 Å². The van der Waals surface area contributed by atoms with Crippen molar-refractivity contribution in [1.82, 2.24) is 0 Å². The first-order valence-electron chi connectivity index (χ1n) is 4.95. The molecule has 0 aliphatic carbocycles. The normalized spacial score (nSPS) is 11.2. The van der Waals surface area contributed by atoms with E-state index in [9.17, 15) is 0 Å². The standard InChI is InChI=1S/C12H16BrOSi.Li/c1-15(2,3)10-4-9-14-12-7-5-11(13)6-8-12;/h4-7,10H,9H2,1-3H3;/q-1;+1/b10-4+;. The number of hydrogen-bond donors (Lipinski definition) is 0. The second-order valence-electron chi connectivity index (χ2n) is 4.45. The number of halogens is 1. The van der Waals surface area contributed by atoms with Crippen LogP contribution in [0.25, 0.3) is 0 Å². The minimum absolute atomic E-state index is 0. The van der Waals surface area contributed by atoms with Crippen LogP contribution in [0.4, 0.5) is 0 Å². The molecule has 0 fully saturated rings. The van der Waals surface area contributed by atoms with Gasteiger partial charge in [0.1, 0.15) is 6.61 Å². The molecule has 0 bridgehead atoms. The van der Waals surface area contributed by atoms with Gasteiger partial charge in [-0.3, -0.25) is 0 Å². The van der Waals surface area contributed by atoms with Crippen LogP contribution in [0.5, 0.6) is 5.75 Å². The maximum atomic E-state index is 5.52. The smallest absolute Gasteiger partial charge is 0.515 e. The molecule has 82 valence electrons. The molecule has 0 radical (unpaired) electrons. The summed E-state index contributed by atoms with van der Waals surface area (Å²) in [7, 11) is -1.08. The van der Waals surface area contributed by atoms with Crippen LogP contribution >= 0.6 is 15.9 Å². The maximum absolute atomic E-state index is 5.52. The van der Waals surface area contributed by atoms with E-state index < -0.39 is 8.07 Å². The molecular formula is C12H16BrLiOSi. The fourth-order valence-electron chi connectivity index (χ4n) is 1.02. The van der Waals surface area contributed by atoms with Crippen molar-refractivity contribution < 1.29 is 23.6 Å². The Morgan fingerprint density at radius 2 is 2.06 bits per heavy atom. The number of benzene rings is 1. The molecule has 1 aromatic carbocycles. The summed E-state index contributed by atoms with van der Waals surface area (Å²) in [6.45, 7) is 7.53. The summed E-state index contributed by atoms with van der Waals surface area (Å²) in [5.74, 6) is 0.790. The number of ether oxygens (including phenoxy) is 1. The molecule has 16 heavy (non-hydrogen) atoms. The fourth-order valence-corrected chi connectivity index (χ4v) is 2.07. The third kappa shape index (κ3) is 7.35. The van der Waals surface area contributed by atoms with Crippen LogP contribution in [0, 0.1) is 6.07 Å². The summed E-state index contributed by atoms with van der Waals surface area (Å²) in [5, 5.41) is 0. The Morgan fingerprint density at radius 1 is 1.38 bits per heavy atom. The minimum atomic E-state index is -1.08. The molecule has 0 saturated heterocycles. The summed E-state index contributed by atoms with van der Waals surface area (Å²) < 4.78 is 6.54. The van der Waals surface area contributed by atoms with Gasteiger partial charge in [-0.2, -0.15) is 12.1 Å². The third-order valence-corrected chi connectivity index (χ3v) is 3.43. The number of hydrogen-bond acceptors (Lipinski definition) is 1. The Bertz CT molecular complexity index is 330. The summed E-state index contributed by atoms with van der Waals surface area (Å²) in [4.78, 5) is 0.